The molecule has 0 fully saturated rings. The molecule has 0 atom stereocenters. The molecule has 0 unspecified atom stereocenters. The number of hydrogen-bond donors (Lipinski definition) is 1. The maximum Gasteiger partial charge on any atom is 0.119 e. The van der Waals surface area contributed by atoms with E-state index in [0.717, 1.165) is 25.3 Å². The Balaban J connectivity index is 0.00000106. The van der Waals surface area contributed by atoms with Crippen molar-refractivity contribution in [2.45, 2.75) is 40.3 Å². The minimum absolute atomic E-state index is 0.619. The third-order valence-corrected chi connectivity index (χ3v) is 2.93. The molecule has 0 spiro atoms. The zero-order valence-corrected chi connectivity index (χ0v) is 13.4. The first-order valence-corrected chi connectivity index (χ1v) is 7.85. The lowest BCUT2D eigenvalue weighted by Gasteiger charge is -2.08. The molecular weight excluding hydrogens is 258 g/mol. The van der Waals surface area contributed by atoms with Gasteiger partial charge in [-0.05, 0) is 36.2 Å². The number of rotatable bonds is 7. The van der Waals surface area contributed by atoms with Gasteiger partial charge in [0.05, 0.1) is 0 Å². The van der Waals surface area contributed by atoms with E-state index in [4.69, 9.17) is 4.74 Å². The first kappa shape index (κ1) is 17.3. The van der Waals surface area contributed by atoms with Gasteiger partial charge in [-0.2, -0.15) is 0 Å². The quantitative estimate of drug-likeness (QED) is 0.738. The van der Waals surface area contributed by atoms with E-state index >= 15 is 0 Å². The molecule has 2 rings (SSSR count). The van der Waals surface area contributed by atoms with E-state index in [1.54, 1.807) is 0 Å². The fourth-order valence-electron chi connectivity index (χ4n) is 1.85. The van der Waals surface area contributed by atoms with Crippen molar-refractivity contribution in [2.75, 3.05) is 6.54 Å². The van der Waals surface area contributed by atoms with E-state index in [0.29, 0.717) is 6.61 Å². The summed E-state index contributed by atoms with van der Waals surface area (Å²) in [7, 11) is 0. The minimum atomic E-state index is 0.619. The lowest BCUT2D eigenvalue weighted by atomic mass is 10.2. The van der Waals surface area contributed by atoms with Crippen molar-refractivity contribution in [3.8, 4) is 5.75 Å². The van der Waals surface area contributed by atoms with Crippen LogP contribution in [0.15, 0.2) is 54.6 Å². The fraction of sp³-hybridized carbons (Fsp3) is 0.368. The molecule has 0 amide bonds. The Morgan fingerprint density at radius 3 is 2.14 bits per heavy atom. The second-order valence-corrected chi connectivity index (χ2v) is 4.60. The molecule has 0 aliphatic rings. The first-order chi connectivity index (χ1) is 10.4. The molecule has 0 heterocycles. The van der Waals surface area contributed by atoms with Gasteiger partial charge in [-0.1, -0.05) is 63.2 Å². The van der Waals surface area contributed by atoms with Crippen LogP contribution in [0.25, 0.3) is 0 Å². The number of benzene rings is 2. The summed E-state index contributed by atoms with van der Waals surface area (Å²) < 4.78 is 5.75. The molecule has 2 heteroatoms. The van der Waals surface area contributed by atoms with Gasteiger partial charge in [0.1, 0.15) is 12.4 Å². The average Bonchev–Trinajstić information content (AvgIpc) is 2.57. The van der Waals surface area contributed by atoms with Gasteiger partial charge in [0.2, 0.25) is 0 Å². The van der Waals surface area contributed by atoms with Crippen LogP contribution in [0.4, 0.5) is 0 Å². The summed E-state index contributed by atoms with van der Waals surface area (Å²) in [4.78, 5) is 0. The highest BCUT2D eigenvalue weighted by Gasteiger charge is 1.96. The SMILES string of the molecule is CC.CCCNCc1ccc(OCc2ccccc2)cc1. The van der Waals surface area contributed by atoms with Gasteiger partial charge in [-0.3, -0.25) is 0 Å². The topological polar surface area (TPSA) is 21.3 Å². The highest BCUT2D eigenvalue weighted by atomic mass is 16.5. The smallest absolute Gasteiger partial charge is 0.119 e. The highest BCUT2D eigenvalue weighted by Crippen LogP contribution is 2.14. The highest BCUT2D eigenvalue weighted by molar-refractivity contribution is 5.27. The lowest BCUT2D eigenvalue weighted by Crippen LogP contribution is -2.13. The zero-order valence-electron chi connectivity index (χ0n) is 13.4. The van der Waals surface area contributed by atoms with Crippen molar-refractivity contribution >= 4 is 0 Å². The van der Waals surface area contributed by atoms with Crippen LogP contribution in [0.3, 0.4) is 0 Å². The monoisotopic (exact) mass is 285 g/mol. The summed E-state index contributed by atoms with van der Waals surface area (Å²) in [5.41, 5.74) is 2.48. The third kappa shape index (κ3) is 6.96. The molecule has 0 aliphatic carbocycles. The van der Waals surface area contributed by atoms with Crippen molar-refractivity contribution in [3.05, 3.63) is 65.7 Å². The molecule has 0 saturated carbocycles. The van der Waals surface area contributed by atoms with Gasteiger partial charge in [-0.15, -0.1) is 0 Å². The van der Waals surface area contributed by atoms with Gasteiger partial charge in [0.15, 0.2) is 0 Å². The predicted octanol–water partition coefficient (Wildman–Crippen LogP) is 4.79. The molecule has 0 aliphatic heterocycles. The Bertz CT molecular complexity index is 465. The molecule has 1 N–H and O–H groups in total. The molecular formula is C19H27NO. The fourth-order valence-corrected chi connectivity index (χ4v) is 1.85. The summed E-state index contributed by atoms with van der Waals surface area (Å²) in [6.45, 7) is 8.78. The van der Waals surface area contributed by atoms with Gasteiger partial charge >= 0.3 is 0 Å². The maximum atomic E-state index is 5.75. The van der Waals surface area contributed by atoms with Crippen LogP contribution in [0.2, 0.25) is 0 Å². The van der Waals surface area contributed by atoms with Gasteiger partial charge in [0, 0.05) is 6.54 Å². The minimum Gasteiger partial charge on any atom is -0.489 e. The standard InChI is InChI=1S/C17H21NO.C2H6/c1-2-12-18-13-15-8-10-17(11-9-15)19-14-16-6-4-3-5-7-16;1-2/h3-11,18H,2,12-14H2,1H3;1-2H3. The Hall–Kier alpha value is -1.80. The van der Waals surface area contributed by atoms with Crippen LogP contribution < -0.4 is 10.1 Å². The summed E-state index contributed by atoms with van der Waals surface area (Å²) in [6.07, 6.45) is 1.16. The Morgan fingerprint density at radius 1 is 0.857 bits per heavy atom. The van der Waals surface area contributed by atoms with E-state index < -0.39 is 0 Å². The van der Waals surface area contributed by atoms with E-state index in [1.165, 1.54) is 11.1 Å². The van der Waals surface area contributed by atoms with E-state index in [9.17, 15) is 0 Å². The van der Waals surface area contributed by atoms with E-state index in [2.05, 4.69) is 36.5 Å². The molecule has 0 aromatic heterocycles. The van der Waals surface area contributed by atoms with Crippen LogP contribution in [-0.4, -0.2) is 6.54 Å². The van der Waals surface area contributed by atoms with Crippen molar-refractivity contribution < 1.29 is 4.74 Å². The van der Waals surface area contributed by atoms with E-state index in [1.807, 2.05) is 44.2 Å². The van der Waals surface area contributed by atoms with Crippen LogP contribution in [0.5, 0.6) is 5.75 Å². The Kier molecular flexibility index (Phi) is 8.98. The Morgan fingerprint density at radius 2 is 1.52 bits per heavy atom. The van der Waals surface area contributed by atoms with Crippen LogP contribution >= 0.6 is 0 Å². The maximum absolute atomic E-state index is 5.75. The van der Waals surface area contributed by atoms with E-state index in [-0.39, 0.29) is 0 Å². The van der Waals surface area contributed by atoms with Crippen molar-refractivity contribution in [3.63, 3.8) is 0 Å². The predicted molar refractivity (Wildman–Crippen MR) is 90.6 cm³/mol. The summed E-state index contributed by atoms with van der Waals surface area (Å²) in [5.74, 6) is 0.920. The molecule has 2 aromatic carbocycles. The molecule has 21 heavy (non-hydrogen) atoms. The molecule has 2 nitrogen and oxygen atoms in total. The summed E-state index contributed by atoms with van der Waals surface area (Å²) in [5, 5.41) is 3.39. The normalized spacial score (nSPS) is 9.67. The van der Waals surface area contributed by atoms with Gasteiger partial charge < -0.3 is 10.1 Å². The number of nitrogens with one attached hydrogen (secondary N) is 1. The van der Waals surface area contributed by atoms with Crippen LogP contribution in [0.1, 0.15) is 38.3 Å². The lowest BCUT2D eigenvalue weighted by molar-refractivity contribution is 0.306. The number of ether oxygens (including phenoxy) is 1. The number of hydrogen-bond acceptors (Lipinski definition) is 2. The van der Waals surface area contributed by atoms with Crippen LogP contribution in [-0.2, 0) is 13.2 Å². The molecule has 0 bridgehead atoms. The molecule has 2 aromatic rings. The molecule has 0 saturated heterocycles. The second-order valence-electron chi connectivity index (χ2n) is 4.60. The Labute approximate surface area is 129 Å². The summed E-state index contributed by atoms with van der Waals surface area (Å²) in [6, 6.07) is 18.5. The first-order valence-electron chi connectivity index (χ1n) is 7.85. The third-order valence-electron chi connectivity index (χ3n) is 2.93. The summed E-state index contributed by atoms with van der Waals surface area (Å²) >= 11 is 0. The zero-order chi connectivity index (χ0) is 15.3. The van der Waals surface area contributed by atoms with Crippen molar-refractivity contribution in [1.82, 2.24) is 5.32 Å². The largest absolute Gasteiger partial charge is 0.489 e. The van der Waals surface area contributed by atoms with Gasteiger partial charge in [-0.25, -0.2) is 0 Å². The van der Waals surface area contributed by atoms with Crippen molar-refractivity contribution in [1.29, 1.82) is 0 Å². The van der Waals surface area contributed by atoms with Crippen molar-refractivity contribution in [2.24, 2.45) is 0 Å². The average molecular weight is 285 g/mol. The van der Waals surface area contributed by atoms with Gasteiger partial charge in [0.25, 0.3) is 0 Å². The van der Waals surface area contributed by atoms with Crippen LogP contribution in [0, 0.1) is 0 Å². The molecule has 0 radical (unpaired) electrons. The molecule has 114 valence electrons. The second kappa shape index (κ2) is 10.9.